The number of benzene rings is 2. The highest BCUT2D eigenvalue weighted by Crippen LogP contribution is 2.26. The maximum absolute atomic E-state index is 12.5. The van der Waals surface area contributed by atoms with E-state index in [0.29, 0.717) is 11.4 Å². The van der Waals surface area contributed by atoms with Crippen molar-refractivity contribution in [3.05, 3.63) is 54.1 Å². The molecule has 1 amide bonds. The Balaban J connectivity index is 1.74. The predicted octanol–water partition coefficient (Wildman–Crippen LogP) is 1.48. The van der Waals surface area contributed by atoms with E-state index in [1.807, 2.05) is 0 Å². The first kappa shape index (κ1) is 18.9. The van der Waals surface area contributed by atoms with Crippen LogP contribution in [-0.2, 0) is 14.8 Å². The van der Waals surface area contributed by atoms with E-state index in [9.17, 15) is 18.0 Å². The van der Waals surface area contributed by atoms with Crippen molar-refractivity contribution in [2.24, 2.45) is 0 Å². The van der Waals surface area contributed by atoms with Crippen LogP contribution in [0.25, 0.3) is 0 Å². The highest BCUT2D eigenvalue weighted by atomic mass is 32.2. The number of carboxylic acids is 1. The monoisotopic (exact) mass is 390 g/mol. The number of ether oxygens (including phenoxy) is 1. The van der Waals surface area contributed by atoms with Gasteiger partial charge >= 0.3 is 5.97 Å². The lowest BCUT2D eigenvalue weighted by Gasteiger charge is -2.18. The number of nitrogens with zero attached hydrogens (tertiary/aromatic N) is 1. The van der Waals surface area contributed by atoms with Gasteiger partial charge in [0.15, 0.2) is 0 Å². The number of hydrogen-bond acceptors (Lipinski definition) is 5. The average molecular weight is 390 g/mol. The van der Waals surface area contributed by atoms with Gasteiger partial charge in [0, 0.05) is 30.8 Å². The van der Waals surface area contributed by atoms with E-state index in [-0.39, 0.29) is 29.3 Å². The minimum absolute atomic E-state index is 0.00538. The molecule has 1 aliphatic heterocycles. The number of amides is 1. The predicted molar refractivity (Wildman–Crippen MR) is 97.5 cm³/mol. The SMILES string of the molecule is COc1cccc(N2CC(NS(=O)(=O)c3ccc(C(=O)O)cc3)CC2=O)c1. The van der Waals surface area contributed by atoms with Crippen molar-refractivity contribution in [1.29, 1.82) is 0 Å². The molecular formula is C18H18N2O6S. The Morgan fingerprint density at radius 2 is 1.93 bits per heavy atom. The zero-order chi connectivity index (χ0) is 19.6. The second-order valence-corrected chi connectivity index (χ2v) is 7.77. The standard InChI is InChI=1S/C18H18N2O6S/c1-26-15-4-2-3-14(10-15)20-11-13(9-17(20)21)19-27(24,25)16-7-5-12(6-8-16)18(22)23/h2-8,10,13,19H,9,11H2,1H3,(H,22,23). The number of rotatable bonds is 6. The molecule has 2 aromatic carbocycles. The van der Waals surface area contributed by atoms with Gasteiger partial charge in [-0.15, -0.1) is 0 Å². The molecule has 0 saturated carbocycles. The summed E-state index contributed by atoms with van der Waals surface area (Å²) < 4.78 is 32.7. The molecule has 3 rings (SSSR count). The Bertz CT molecular complexity index is 972. The number of nitrogens with one attached hydrogen (secondary N) is 1. The largest absolute Gasteiger partial charge is 0.497 e. The molecule has 1 heterocycles. The fourth-order valence-corrected chi connectivity index (χ4v) is 4.11. The van der Waals surface area contributed by atoms with E-state index >= 15 is 0 Å². The Hall–Kier alpha value is -2.91. The fourth-order valence-electron chi connectivity index (χ4n) is 2.88. The summed E-state index contributed by atoms with van der Waals surface area (Å²) in [6.07, 6.45) is 0.0314. The fraction of sp³-hybridized carbons (Fsp3) is 0.222. The molecule has 1 saturated heterocycles. The molecule has 0 spiro atoms. The van der Waals surface area contributed by atoms with E-state index in [2.05, 4.69) is 4.72 Å². The van der Waals surface area contributed by atoms with E-state index in [1.165, 1.54) is 36.3 Å². The second-order valence-electron chi connectivity index (χ2n) is 6.06. The van der Waals surface area contributed by atoms with Crippen LogP contribution in [0.1, 0.15) is 16.8 Å². The van der Waals surface area contributed by atoms with E-state index in [1.54, 1.807) is 24.3 Å². The second kappa shape index (κ2) is 7.37. The third-order valence-corrected chi connectivity index (χ3v) is 5.76. The quantitative estimate of drug-likeness (QED) is 0.772. The zero-order valence-corrected chi connectivity index (χ0v) is 15.3. The highest BCUT2D eigenvalue weighted by Gasteiger charge is 2.33. The van der Waals surface area contributed by atoms with Gasteiger partial charge in [0.2, 0.25) is 15.9 Å². The van der Waals surface area contributed by atoms with Gasteiger partial charge in [-0.2, -0.15) is 0 Å². The van der Waals surface area contributed by atoms with Gasteiger partial charge in [-0.25, -0.2) is 17.9 Å². The molecule has 1 aliphatic rings. The van der Waals surface area contributed by atoms with Gasteiger partial charge in [-0.05, 0) is 36.4 Å². The Morgan fingerprint density at radius 3 is 2.56 bits per heavy atom. The first-order chi connectivity index (χ1) is 12.8. The lowest BCUT2D eigenvalue weighted by molar-refractivity contribution is -0.117. The smallest absolute Gasteiger partial charge is 0.335 e. The summed E-state index contributed by atoms with van der Waals surface area (Å²) in [5.74, 6) is -0.734. The van der Waals surface area contributed by atoms with Gasteiger partial charge in [0.05, 0.1) is 17.6 Å². The molecule has 1 unspecified atom stereocenters. The Kier molecular flexibility index (Phi) is 5.15. The van der Waals surface area contributed by atoms with E-state index in [0.717, 1.165) is 0 Å². The van der Waals surface area contributed by atoms with Crippen LogP contribution in [0.5, 0.6) is 5.75 Å². The first-order valence-corrected chi connectivity index (χ1v) is 9.58. The van der Waals surface area contributed by atoms with Crippen molar-refractivity contribution in [3.63, 3.8) is 0 Å². The summed E-state index contributed by atoms with van der Waals surface area (Å²) in [6.45, 7) is 0.193. The summed E-state index contributed by atoms with van der Waals surface area (Å²) in [6, 6.07) is 11.3. The minimum Gasteiger partial charge on any atom is -0.497 e. The molecule has 8 nitrogen and oxygen atoms in total. The van der Waals surface area contributed by atoms with Crippen LogP contribution in [0.3, 0.4) is 0 Å². The van der Waals surface area contributed by atoms with Crippen LogP contribution >= 0.6 is 0 Å². The zero-order valence-electron chi connectivity index (χ0n) is 14.5. The molecule has 0 bridgehead atoms. The highest BCUT2D eigenvalue weighted by molar-refractivity contribution is 7.89. The topological polar surface area (TPSA) is 113 Å². The molecule has 1 fully saturated rings. The first-order valence-electron chi connectivity index (χ1n) is 8.10. The lowest BCUT2D eigenvalue weighted by atomic mass is 10.2. The van der Waals surface area contributed by atoms with Crippen molar-refractivity contribution in [1.82, 2.24) is 4.72 Å². The molecule has 0 aliphatic carbocycles. The molecule has 1 atom stereocenters. The van der Waals surface area contributed by atoms with Crippen molar-refractivity contribution in [2.45, 2.75) is 17.4 Å². The normalized spacial score (nSPS) is 17.1. The Labute approximate surface area is 156 Å². The maximum Gasteiger partial charge on any atom is 0.335 e. The van der Waals surface area contributed by atoms with Crippen LogP contribution in [0.4, 0.5) is 5.69 Å². The van der Waals surface area contributed by atoms with Crippen molar-refractivity contribution >= 4 is 27.6 Å². The summed E-state index contributed by atoms with van der Waals surface area (Å²) in [5.41, 5.74) is 0.626. The molecule has 0 radical (unpaired) electrons. The molecular weight excluding hydrogens is 372 g/mol. The van der Waals surface area contributed by atoms with Gasteiger partial charge in [-0.3, -0.25) is 4.79 Å². The molecule has 27 heavy (non-hydrogen) atoms. The molecule has 2 N–H and O–H groups in total. The number of sulfonamides is 1. The van der Waals surface area contributed by atoms with Crippen LogP contribution in [0.2, 0.25) is 0 Å². The maximum atomic E-state index is 12.5. The average Bonchev–Trinajstić information content (AvgIpc) is 3.01. The third-order valence-electron chi connectivity index (χ3n) is 4.22. The van der Waals surface area contributed by atoms with E-state index < -0.39 is 22.0 Å². The summed E-state index contributed by atoms with van der Waals surface area (Å²) >= 11 is 0. The van der Waals surface area contributed by atoms with Crippen LogP contribution in [0, 0.1) is 0 Å². The minimum atomic E-state index is -3.87. The summed E-state index contributed by atoms with van der Waals surface area (Å²) in [4.78, 5) is 24.6. The van der Waals surface area contributed by atoms with Crippen LogP contribution in [-0.4, -0.2) is 45.1 Å². The van der Waals surface area contributed by atoms with Crippen LogP contribution < -0.4 is 14.4 Å². The molecule has 9 heteroatoms. The lowest BCUT2D eigenvalue weighted by Crippen LogP contribution is -2.37. The number of carboxylic acid groups (broad SMARTS) is 1. The summed E-state index contributed by atoms with van der Waals surface area (Å²) in [7, 11) is -2.35. The van der Waals surface area contributed by atoms with Crippen molar-refractivity contribution in [2.75, 3.05) is 18.6 Å². The Morgan fingerprint density at radius 1 is 1.22 bits per heavy atom. The number of hydrogen-bond donors (Lipinski definition) is 2. The molecule has 0 aromatic heterocycles. The number of carbonyl (C=O) groups is 2. The van der Waals surface area contributed by atoms with Gasteiger partial charge in [-0.1, -0.05) is 6.07 Å². The van der Waals surface area contributed by atoms with Crippen molar-refractivity contribution < 1.29 is 27.9 Å². The number of anilines is 1. The number of aromatic carboxylic acids is 1. The number of carbonyl (C=O) groups excluding carboxylic acids is 1. The molecule has 142 valence electrons. The van der Waals surface area contributed by atoms with Crippen LogP contribution in [0.15, 0.2) is 53.4 Å². The number of methoxy groups -OCH3 is 1. The summed E-state index contributed by atoms with van der Waals surface area (Å²) in [5, 5.41) is 8.90. The van der Waals surface area contributed by atoms with Crippen molar-refractivity contribution in [3.8, 4) is 5.75 Å². The molecule has 2 aromatic rings. The third kappa shape index (κ3) is 4.09. The van der Waals surface area contributed by atoms with Gasteiger partial charge in [0.25, 0.3) is 0 Å². The van der Waals surface area contributed by atoms with Gasteiger partial charge in [0.1, 0.15) is 5.75 Å². The van der Waals surface area contributed by atoms with Gasteiger partial charge < -0.3 is 14.7 Å². The van der Waals surface area contributed by atoms with E-state index in [4.69, 9.17) is 9.84 Å².